The van der Waals surface area contributed by atoms with E-state index in [9.17, 15) is 10.1 Å². The van der Waals surface area contributed by atoms with Crippen LogP contribution in [0, 0.1) is 16.0 Å². The van der Waals surface area contributed by atoms with Crippen LogP contribution in [0.2, 0.25) is 0 Å². The van der Waals surface area contributed by atoms with Crippen LogP contribution in [0.15, 0.2) is 23.4 Å². The van der Waals surface area contributed by atoms with Crippen LogP contribution in [0.25, 0.3) is 0 Å². The fourth-order valence-electron chi connectivity index (χ4n) is 1.70. The maximum Gasteiger partial charge on any atom is 0.299 e. The highest BCUT2D eigenvalue weighted by molar-refractivity contribution is 5.33. The molecule has 78 valence electrons. The molecule has 5 nitrogen and oxygen atoms in total. The van der Waals surface area contributed by atoms with Crippen LogP contribution in [-0.4, -0.2) is 17.6 Å². The standard InChI is InChI=1S/C9H15N3O2/c1-6-4-5-9(10,12(13)14)7(2)8(6)11-3/h4-5,7,11H,10H2,1-3H3. The van der Waals surface area contributed by atoms with Crippen LogP contribution in [0.3, 0.4) is 0 Å². The van der Waals surface area contributed by atoms with Gasteiger partial charge in [-0.2, -0.15) is 0 Å². The molecule has 0 fully saturated rings. The number of nitrogens with zero attached hydrogens (tertiary/aromatic N) is 1. The highest BCUT2D eigenvalue weighted by Gasteiger charge is 2.45. The first kappa shape index (κ1) is 10.7. The lowest BCUT2D eigenvalue weighted by Gasteiger charge is -2.30. The molecule has 14 heavy (non-hydrogen) atoms. The fraction of sp³-hybridized carbons (Fsp3) is 0.556. The van der Waals surface area contributed by atoms with Crippen molar-refractivity contribution in [1.82, 2.24) is 5.32 Å². The number of nitrogens with two attached hydrogens (primary N) is 1. The summed E-state index contributed by atoms with van der Waals surface area (Å²) in [6.45, 7) is 3.65. The van der Waals surface area contributed by atoms with E-state index in [0.717, 1.165) is 11.3 Å². The minimum atomic E-state index is -1.49. The van der Waals surface area contributed by atoms with Gasteiger partial charge in [0.05, 0.1) is 5.92 Å². The third kappa shape index (κ3) is 1.39. The van der Waals surface area contributed by atoms with Crippen molar-refractivity contribution < 1.29 is 4.92 Å². The zero-order valence-corrected chi connectivity index (χ0v) is 8.57. The highest BCUT2D eigenvalue weighted by atomic mass is 16.6. The van der Waals surface area contributed by atoms with Crippen molar-refractivity contribution in [3.05, 3.63) is 33.5 Å². The first-order valence-corrected chi connectivity index (χ1v) is 4.44. The topological polar surface area (TPSA) is 81.2 Å². The molecule has 2 atom stereocenters. The molecule has 0 aliphatic heterocycles. The lowest BCUT2D eigenvalue weighted by Crippen LogP contribution is -2.54. The predicted molar refractivity (Wildman–Crippen MR) is 54.0 cm³/mol. The van der Waals surface area contributed by atoms with Crippen molar-refractivity contribution in [3.63, 3.8) is 0 Å². The van der Waals surface area contributed by atoms with Crippen LogP contribution >= 0.6 is 0 Å². The van der Waals surface area contributed by atoms with Gasteiger partial charge in [0.15, 0.2) is 0 Å². The second-order valence-electron chi connectivity index (χ2n) is 3.55. The number of allylic oxidation sites excluding steroid dienone is 2. The second-order valence-corrected chi connectivity index (χ2v) is 3.55. The van der Waals surface area contributed by atoms with E-state index in [0.29, 0.717) is 0 Å². The second kappa shape index (κ2) is 3.42. The van der Waals surface area contributed by atoms with Gasteiger partial charge < -0.3 is 5.32 Å². The van der Waals surface area contributed by atoms with E-state index in [1.54, 1.807) is 20.0 Å². The maximum absolute atomic E-state index is 10.8. The molecule has 0 bridgehead atoms. The van der Waals surface area contributed by atoms with Crippen molar-refractivity contribution in [2.45, 2.75) is 19.5 Å². The summed E-state index contributed by atoms with van der Waals surface area (Å²) in [6, 6.07) is 0. The summed E-state index contributed by atoms with van der Waals surface area (Å²) in [5, 5.41) is 13.8. The Morgan fingerprint density at radius 1 is 1.71 bits per heavy atom. The molecule has 1 aliphatic carbocycles. The monoisotopic (exact) mass is 197 g/mol. The Hall–Kier alpha value is -1.36. The fourth-order valence-corrected chi connectivity index (χ4v) is 1.70. The average molecular weight is 197 g/mol. The van der Waals surface area contributed by atoms with Crippen molar-refractivity contribution in [1.29, 1.82) is 0 Å². The molecule has 0 aromatic carbocycles. The van der Waals surface area contributed by atoms with Gasteiger partial charge in [-0.05, 0) is 19.4 Å². The van der Waals surface area contributed by atoms with Gasteiger partial charge in [-0.15, -0.1) is 0 Å². The zero-order valence-electron chi connectivity index (χ0n) is 8.57. The van der Waals surface area contributed by atoms with Gasteiger partial charge in [0.25, 0.3) is 5.66 Å². The molecule has 0 radical (unpaired) electrons. The van der Waals surface area contributed by atoms with E-state index in [4.69, 9.17) is 5.73 Å². The molecule has 2 unspecified atom stereocenters. The summed E-state index contributed by atoms with van der Waals surface area (Å²) in [5.41, 5.74) is 6.04. The summed E-state index contributed by atoms with van der Waals surface area (Å²) in [7, 11) is 1.74. The number of rotatable bonds is 2. The predicted octanol–water partition coefficient (Wildman–Crippen LogP) is 0.617. The normalized spacial score (nSPS) is 31.9. The Morgan fingerprint density at radius 3 is 2.71 bits per heavy atom. The molecule has 1 rings (SSSR count). The lowest BCUT2D eigenvalue weighted by molar-refractivity contribution is -0.562. The Balaban J connectivity index is 3.14. The molecule has 1 aliphatic rings. The molecule has 0 aromatic rings. The van der Waals surface area contributed by atoms with Gasteiger partial charge >= 0.3 is 0 Å². The molecule has 0 spiro atoms. The molecule has 0 saturated heterocycles. The van der Waals surface area contributed by atoms with Gasteiger partial charge in [0.1, 0.15) is 0 Å². The van der Waals surface area contributed by atoms with E-state index >= 15 is 0 Å². The van der Waals surface area contributed by atoms with Crippen molar-refractivity contribution in [3.8, 4) is 0 Å². The smallest absolute Gasteiger partial charge is 0.299 e. The maximum atomic E-state index is 10.8. The summed E-state index contributed by atoms with van der Waals surface area (Å²) < 4.78 is 0. The first-order valence-electron chi connectivity index (χ1n) is 4.44. The Morgan fingerprint density at radius 2 is 2.29 bits per heavy atom. The molecule has 3 N–H and O–H groups in total. The van der Waals surface area contributed by atoms with Crippen molar-refractivity contribution >= 4 is 0 Å². The summed E-state index contributed by atoms with van der Waals surface area (Å²) in [6.07, 6.45) is 3.14. The Labute approximate surface area is 82.8 Å². The molecular weight excluding hydrogens is 182 g/mol. The van der Waals surface area contributed by atoms with E-state index in [1.165, 1.54) is 6.08 Å². The van der Waals surface area contributed by atoms with Crippen LogP contribution in [-0.2, 0) is 0 Å². The highest BCUT2D eigenvalue weighted by Crippen LogP contribution is 2.29. The van der Waals surface area contributed by atoms with E-state index in [2.05, 4.69) is 5.32 Å². The van der Waals surface area contributed by atoms with E-state index in [1.807, 2.05) is 6.92 Å². The molecule has 0 aromatic heterocycles. The van der Waals surface area contributed by atoms with Crippen molar-refractivity contribution in [2.75, 3.05) is 7.05 Å². The summed E-state index contributed by atoms with van der Waals surface area (Å²) in [4.78, 5) is 10.4. The molecule has 0 saturated carbocycles. The minimum absolute atomic E-state index is 0.340. The van der Waals surface area contributed by atoms with Crippen LogP contribution < -0.4 is 11.1 Å². The number of nitrogens with one attached hydrogen (secondary N) is 1. The van der Waals surface area contributed by atoms with Crippen LogP contribution in [0.4, 0.5) is 0 Å². The number of hydrogen-bond donors (Lipinski definition) is 2. The average Bonchev–Trinajstić information content (AvgIpc) is 2.13. The zero-order chi connectivity index (χ0) is 10.9. The van der Waals surface area contributed by atoms with Crippen molar-refractivity contribution in [2.24, 2.45) is 11.7 Å². The Kier molecular flexibility index (Phi) is 2.62. The van der Waals surface area contributed by atoms with Gasteiger partial charge in [-0.3, -0.25) is 15.8 Å². The minimum Gasteiger partial charge on any atom is -0.391 e. The number of hydrogen-bond acceptors (Lipinski definition) is 4. The third-order valence-electron chi connectivity index (χ3n) is 2.74. The number of nitro groups is 1. The molecule has 0 amide bonds. The first-order chi connectivity index (χ1) is 6.43. The third-order valence-corrected chi connectivity index (χ3v) is 2.74. The lowest BCUT2D eigenvalue weighted by atomic mass is 9.85. The van der Waals surface area contributed by atoms with Gasteiger partial charge in [-0.1, -0.05) is 6.08 Å². The van der Waals surface area contributed by atoms with E-state index in [-0.39, 0.29) is 5.92 Å². The van der Waals surface area contributed by atoms with Crippen LogP contribution in [0.1, 0.15) is 13.8 Å². The quantitative estimate of drug-likeness (QED) is 0.386. The molecular formula is C9H15N3O2. The van der Waals surface area contributed by atoms with Gasteiger partial charge in [-0.25, -0.2) is 0 Å². The summed E-state index contributed by atoms with van der Waals surface area (Å²) >= 11 is 0. The van der Waals surface area contributed by atoms with E-state index < -0.39 is 10.6 Å². The van der Waals surface area contributed by atoms with Gasteiger partial charge in [0.2, 0.25) is 0 Å². The molecule has 5 heteroatoms. The van der Waals surface area contributed by atoms with Gasteiger partial charge in [0, 0.05) is 23.7 Å². The van der Waals surface area contributed by atoms with Crippen LogP contribution in [0.5, 0.6) is 0 Å². The SMILES string of the molecule is CNC1=C(C)C=CC(N)([N+](=O)[O-])C1C. The Bertz CT molecular complexity index is 322. The largest absolute Gasteiger partial charge is 0.391 e. The molecule has 0 heterocycles. The summed E-state index contributed by atoms with van der Waals surface area (Å²) in [5.74, 6) is -0.340.